The van der Waals surface area contributed by atoms with Gasteiger partial charge in [-0.25, -0.2) is 9.97 Å². The van der Waals surface area contributed by atoms with Gasteiger partial charge in [0.05, 0.1) is 23.8 Å². The maximum absolute atomic E-state index is 13.3. The van der Waals surface area contributed by atoms with Gasteiger partial charge in [-0.1, -0.05) is 17.3 Å². The molecule has 0 atom stereocenters. The van der Waals surface area contributed by atoms with Gasteiger partial charge in [0.15, 0.2) is 17.3 Å². The SMILES string of the molecule is CCOc1c(C(=O)Nc2cnoc2)nc(-c2nc3ccccc3n2C23CC(C2)C3)n(C)c1=O. The molecular weight excluding hydrogens is 424 g/mol. The first-order chi connectivity index (χ1) is 16.0. The molecule has 1 aromatic carbocycles. The van der Waals surface area contributed by atoms with Gasteiger partial charge in [0.1, 0.15) is 12.0 Å². The first-order valence-electron chi connectivity index (χ1n) is 10.9. The lowest BCUT2D eigenvalue weighted by atomic mass is 9.49. The van der Waals surface area contributed by atoms with Gasteiger partial charge in [-0.05, 0) is 44.2 Å². The number of hydrogen-bond donors (Lipinski definition) is 1. The molecule has 4 aromatic rings. The molecule has 3 heterocycles. The van der Waals surface area contributed by atoms with Gasteiger partial charge >= 0.3 is 0 Å². The fourth-order valence-electron chi connectivity index (χ4n) is 5.03. The van der Waals surface area contributed by atoms with Crippen LogP contribution in [0.15, 0.2) is 46.0 Å². The molecule has 3 aliphatic rings. The molecule has 3 aliphatic carbocycles. The minimum Gasteiger partial charge on any atom is -0.486 e. The Morgan fingerprint density at radius 2 is 2.03 bits per heavy atom. The van der Waals surface area contributed by atoms with Crippen LogP contribution in [0.2, 0.25) is 0 Å². The zero-order valence-corrected chi connectivity index (χ0v) is 18.2. The van der Waals surface area contributed by atoms with Crippen LogP contribution in [0.3, 0.4) is 0 Å². The molecule has 1 amide bonds. The maximum Gasteiger partial charge on any atom is 0.296 e. The summed E-state index contributed by atoms with van der Waals surface area (Å²) in [6, 6.07) is 7.91. The summed E-state index contributed by atoms with van der Waals surface area (Å²) in [6.07, 6.45) is 5.93. The van der Waals surface area contributed by atoms with E-state index in [4.69, 9.17) is 14.2 Å². The van der Waals surface area contributed by atoms with Gasteiger partial charge in [-0.2, -0.15) is 0 Å². The van der Waals surface area contributed by atoms with E-state index in [0.717, 1.165) is 36.2 Å². The summed E-state index contributed by atoms with van der Waals surface area (Å²) >= 11 is 0. The molecule has 10 heteroatoms. The van der Waals surface area contributed by atoms with Crippen LogP contribution in [0.4, 0.5) is 5.69 Å². The maximum atomic E-state index is 13.3. The number of nitrogens with one attached hydrogen (secondary N) is 1. The third kappa shape index (κ3) is 2.83. The van der Waals surface area contributed by atoms with E-state index in [2.05, 4.69) is 20.0 Å². The van der Waals surface area contributed by atoms with Gasteiger partial charge in [0.2, 0.25) is 5.75 Å². The number of fused-ring (bicyclic) bond motifs is 1. The third-order valence-corrected chi connectivity index (χ3v) is 6.68. The van der Waals surface area contributed by atoms with Crippen LogP contribution >= 0.6 is 0 Å². The average Bonchev–Trinajstić information content (AvgIpc) is 3.38. The number of anilines is 1. The van der Waals surface area contributed by atoms with Gasteiger partial charge in [0.25, 0.3) is 11.5 Å². The Morgan fingerprint density at radius 3 is 2.70 bits per heavy atom. The lowest BCUT2D eigenvalue weighted by Crippen LogP contribution is -2.59. The number of amides is 1. The number of nitrogens with zero attached hydrogens (tertiary/aromatic N) is 5. The van der Waals surface area contributed by atoms with Crippen molar-refractivity contribution >= 4 is 22.6 Å². The molecule has 0 unspecified atom stereocenters. The lowest BCUT2D eigenvalue weighted by molar-refractivity contribution is -0.0847. The van der Waals surface area contributed by atoms with E-state index in [-0.39, 0.29) is 23.6 Å². The molecule has 3 aromatic heterocycles. The number of hydrogen-bond acceptors (Lipinski definition) is 7. The Hall–Kier alpha value is -3.95. The Morgan fingerprint density at radius 1 is 1.24 bits per heavy atom. The van der Waals surface area contributed by atoms with Crippen molar-refractivity contribution < 1.29 is 14.1 Å². The van der Waals surface area contributed by atoms with E-state index in [0.29, 0.717) is 17.3 Å². The zero-order chi connectivity index (χ0) is 22.7. The largest absolute Gasteiger partial charge is 0.486 e. The molecule has 2 bridgehead atoms. The average molecular weight is 446 g/mol. The second kappa shape index (κ2) is 7.03. The number of benzene rings is 1. The fourth-order valence-corrected chi connectivity index (χ4v) is 5.03. The van der Waals surface area contributed by atoms with Crippen LogP contribution in [0.5, 0.6) is 5.75 Å². The Balaban J connectivity index is 1.56. The summed E-state index contributed by atoms with van der Waals surface area (Å²) in [4.78, 5) is 35.9. The van der Waals surface area contributed by atoms with E-state index in [1.807, 2.05) is 24.3 Å². The number of ether oxygens (including phenoxy) is 1. The molecule has 168 valence electrons. The summed E-state index contributed by atoms with van der Waals surface area (Å²) in [6.45, 7) is 1.96. The summed E-state index contributed by atoms with van der Waals surface area (Å²) in [5.74, 6) is 0.955. The molecule has 1 N–H and O–H groups in total. The fraction of sp³-hybridized carbons (Fsp3) is 0.348. The highest BCUT2D eigenvalue weighted by atomic mass is 16.5. The van der Waals surface area contributed by atoms with E-state index in [1.165, 1.54) is 17.0 Å². The predicted molar refractivity (Wildman–Crippen MR) is 119 cm³/mol. The first-order valence-corrected chi connectivity index (χ1v) is 10.9. The molecule has 3 saturated carbocycles. The number of rotatable bonds is 6. The van der Waals surface area contributed by atoms with Crippen molar-refractivity contribution in [2.45, 2.75) is 31.7 Å². The van der Waals surface area contributed by atoms with E-state index in [1.54, 1.807) is 14.0 Å². The van der Waals surface area contributed by atoms with Gasteiger partial charge in [-0.3, -0.25) is 14.2 Å². The Labute approximate surface area is 188 Å². The summed E-state index contributed by atoms with van der Waals surface area (Å²) in [7, 11) is 1.63. The van der Waals surface area contributed by atoms with Crippen molar-refractivity contribution in [2.24, 2.45) is 13.0 Å². The number of carbonyl (C=O) groups is 1. The topological polar surface area (TPSA) is 117 Å². The molecule has 0 spiro atoms. The second-order valence-corrected chi connectivity index (χ2v) is 8.74. The highest BCUT2D eigenvalue weighted by Crippen LogP contribution is 2.63. The van der Waals surface area contributed by atoms with E-state index < -0.39 is 11.5 Å². The van der Waals surface area contributed by atoms with Gasteiger partial charge in [0, 0.05) is 12.6 Å². The van der Waals surface area contributed by atoms with Crippen molar-refractivity contribution in [3.8, 4) is 17.4 Å². The third-order valence-electron chi connectivity index (χ3n) is 6.68. The standard InChI is InChI=1S/C23H22N6O4/c1-3-32-18-17(21(30)25-14-11-24-33-12-14)27-19(28(2)22(18)31)20-26-15-6-4-5-7-16(15)29(20)23-8-13(9-23)10-23/h4-7,11-13H,3,8-10H2,1-2H3,(H,25,30). The number of carbonyl (C=O) groups excluding carboxylic acids is 1. The summed E-state index contributed by atoms with van der Waals surface area (Å²) in [5.41, 5.74) is 1.63. The number of imidazole rings is 1. The van der Waals surface area contributed by atoms with Crippen molar-refractivity contribution in [3.05, 3.63) is 52.8 Å². The summed E-state index contributed by atoms with van der Waals surface area (Å²) < 4.78 is 14.0. The monoisotopic (exact) mass is 446 g/mol. The lowest BCUT2D eigenvalue weighted by Gasteiger charge is -2.62. The first kappa shape index (κ1) is 19.7. The van der Waals surface area contributed by atoms with Crippen molar-refractivity contribution in [3.63, 3.8) is 0 Å². The van der Waals surface area contributed by atoms with Crippen LogP contribution in [-0.4, -0.2) is 36.8 Å². The number of aromatic nitrogens is 5. The predicted octanol–water partition coefficient (Wildman–Crippen LogP) is 2.95. The number of para-hydroxylation sites is 2. The van der Waals surface area contributed by atoms with Crippen LogP contribution in [0.25, 0.3) is 22.7 Å². The van der Waals surface area contributed by atoms with Gasteiger partial charge in [-0.15, -0.1) is 0 Å². The van der Waals surface area contributed by atoms with Crippen LogP contribution in [-0.2, 0) is 12.6 Å². The van der Waals surface area contributed by atoms with E-state index in [9.17, 15) is 9.59 Å². The van der Waals surface area contributed by atoms with Crippen molar-refractivity contribution in [2.75, 3.05) is 11.9 Å². The quantitative estimate of drug-likeness (QED) is 0.484. The molecular formula is C23H22N6O4. The Bertz CT molecular complexity index is 1430. The molecule has 7 rings (SSSR count). The highest BCUT2D eigenvalue weighted by Gasteiger charge is 2.59. The molecule has 0 aliphatic heterocycles. The minimum absolute atomic E-state index is 0.00267. The van der Waals surface area contributed by atoms with Crippen LogP contribution in [0.1, 0.15) is 36.7 Å². The smallest absolute Gasteiger partial charge is 0.296 e. The second-order valence-electron chi connectivity index (χ2n) is 8.74. The van der Waals surface area contributed by atoms with Crippen LogP contribution < -0.4 is 15.6 Å². The molecule has 10 nitrogen and oxygen atoms in total. The Kier molecular flexibility index (Phi) is 4.20. The van der Waals surface area contributed by atoms with E-state index >= 15 is 0 Å². The normalized spacial score (nSPS) is 20.8. The van der Waals surface area contributed by atoms with Crippen molar-refractivity contribution in [1.82, 2.24) is 24.3 Å². The van der Waals surface area contributed by atoms with Crippen LogP contribution in [0, 0.1) is 5.92 Å². The minimum atomic E-state index is -0.589. The van der Waals surface area contributed by atoms with Crippen molar-refractivity contribution in [1.29, 1.82) is 0 Å². The highest BCUT2D eigenvalue weighted by molar-refractivity contribution is 6.04. The molecule has 0 radical (unpaired) electrons. The molecule has 33 heavy (non-hydrogen) atoms. The van der Waals surface area contributed by atoms with Gasteiger partial charge < -0.3 is 19.1 Å². The zero-order valence-electron chi connectivity index (χ0n) is 18.2. The summed E-state index contributed by atoms with van der Waals surface area (Å²) in [5, 5.41) is 6.24. The molecule has 3 fully saturated rings. The molecule has 0 saturated heterocycles.